The molecule has 3 nitrogen and oxygen atoms in total. The van der Waals surface area contributed by atoms with E-state index in [9.17, 15) is 4.79 Å². The van der Waals surface area contributed by atoms with Crippen molar-refractivity contribution in [2.75, 3.05) is 11.9 Å². The second-order valence-electron chi connectivity index (χ2n) is 6.38. The molecule has 2 aromatic carbocycles. The molecule has 0 spiro atoms. The molecule has 0 bridgehead atoms. The monoisotopic (exact) mass is 310 g/mol. The van der Waals surface area contributed by atoms with Crippen molar-refractivity contribution in [3.8, 4) is 0 Å². The first-order chi connectivity index (χ1) is 11.0. The molecule has 2 N–H and O–H groups in total. The summed E-state index contributed by atoms with van der Waals surface area (Å²) in [6, 6.07) is 16.5. The van der Waals surface area contributed by atoms with E-state index in [0.29, 0.717) is 12.5 Å². The van der Waals surface area contributed by atoms with E-state index in [1.807, 2.05) is 44.2 Å². The average Bonchev–Trinajstić information content (AvgIpc) is 2.51. The van der Waals surface area contributed by atoms with Gasteiger partial charge in [-0.05, 0) is 37.0 Å². The zero-order valence-corrected chi connectivity index (χ0v) is 14.4. The fourth-order valence-corrected chi connectivity index (χ4v) is 2.75. The van der Waals surface area contributed by atoms with Crippen molar-refractivity contribution in [1.82, 2.24) is 5.32 Å². The van der Waals surface area contributed by atoms with Crippen LogP contribution in [0.3, 0.4) is 0 Å². The maximum atomic E-state index is 12.2. The van der Waals surface area contributed by atoms with Crippen LogP contribution in [0.1, 0.15) is 36.6 Å². The lowest BCUT2D eigenvalue weighted by atomic mass is 9.96. The van der Waals surface area contributed by atoms with Crippen molar-refractivity contribution in [3.05, 3.63) is 65.2 Å². The largest absolute Gasteiger partial charge is 0.325 e. The van der Waals surface area contributed by atoms with Gasteiger partial charge in [0.2, 0.25) is 5.91 Å². The van der Waals surface area contributed by atoms with E-state index in [1.165, 1.54) is 11.1 Å². The molecule has 0 saturated heterocycles. The van der Waals surface area contributed by atoms with Crippen LogP contribution in [0.5, 0.6) is 0 Å². The summed E-state index contributed by atoms with van der Waals surface area (Å²) in [5.41, 5.74) is 4.37. The number of carbonyl (C=O) groups excluding carboxylic acids is 1. The summed E-state index contributed by atoms with van der Waals surface area (Å²) in [5, 5.41) is 6.36. The molecule has 0 heterocycles. The third kappa shape index (κ3) is 4.93. The first-order valence-electron chi connectivity index (χ1n) is 8.13. The minimum atomic E-state index is -0.0152. The van der Waals surface area contributed by atoms with Crippen LogP contribution < -0.4 is 10.6 Å². The third-order valence-corrected chi connectivity index (χ3v) is 3.96. The van der Waals surface area contributed by atoms with Gasteiger partial charge in [-0.1, -0.05) is 61.9 Å². The second-order valence-corrected chi connectivity index (χ2v) is 6.38. The number of hydrogen-bond donors (Lipinski definition) is 2. The predicted molar refractivity (Wildman–Crippen MR) is 96.6 cm³/mol. The fraction of sp³-hybridized carbons (Fsp3) is 0.350. The van der Waals surface area contributed by atoms with Crippen LogP contribution in [0.15, 0.2) is 48.5 Å². The Morgan fingerprint density at radius 3 is 2.35 bits per heavy atom. The predicted octanol–water partition coefficient (Wildman–Crippen LogP) is 4.23. The topological polar surface area (TPSA) is 41.1 Å². The van der Waals surface area contributed by atoms with Crippen LogP contribution in [-0.2, 0) is 4.79 Å². The van der Waals surface area contributed by atoms with Gasteiger partial charge < -0.3 is 10.6 Å². The highest BCUT2D eigenvalue weighted by Gasteiger charge is 2.16. The van der Waals surface area contributed by atoms with Crippen LogP contribution in [0.2, 0.25) is 0 Å². The zero-order chi connectivity index (χ0) is 16.8. The summed E-state index contributed by atoms with van der Waals surface area (Å²) < 4.78 is 0. The summed E-state index contributed by atoms with van der Waals surface area (Å²) >= 11 is 0. The van der Waals surface area contributed by atoms with Gasteiger partial charge in [0.1, 0.15) is 0 Å². The molecule has 0 unspecified atom stereocenters. The number of carbonyl (C=O) groups is 1. The number of benzene rings is 2. The van der Waals surface area contributed by atoms with Crippen LogP contribution in [0.4, 0.5) is 5.69 Å². The van der Waals surface area contributed by atoms with E-state index in [2.05, 4.69) is 42.7 Å². The Morgan fingerprint density at radius 1 is 1.04 bits per heavy atom. The standard InChI is InChI=1S/C20H26N2O/c1-14(2)20(17-8-6-5-7-9-17)21-13-19(23)22-18-11-10-15(3)12-16(18)4/h5-12,14,20-21H,13H2,1-4H3,(H,22,23)/t20-/m0/s1. The lowest BCUT2D eigenvalue weighted by Crippen LogP contribution is -2.33. The van der Waals surface area contributed by atoms with Gasteiger partial charge >= 0.3 is 0 Å². The first-order valence-corrected chi connectivity index (χ1v) is 8.13. The summed E-state index contributed by atoms with van der Waals surface area (Å²) in [6.07, 6.45) is 0. The van der Waals surface area contributed by atoms with E-state index < -0.39 is 0 Å². The van der Waals surface area contributed by atoms with Crippen molar-refractivity contribution >= 4 is 11.6 Å². The molecule has 1 amide bonds. The van der Waals surface area contributed by atoms with Gasteiger partial charge in [-0.2, -0.15) is 0 Å². The van der Waals surface area contributed by atoms with Crippen LogP contribution in [0, 0.1) is 19.8 Å². The Balaban J connectivity index is 1.97. The van der Waals surface area contributed by atoms with Crippen LogP contribution >= 0.6 is 0 Å². The summed E-state index contributed by atoms with van der Waals surface area (Å²) in [5.74, 6) is 0.393. The van der Waals surface area contributed by atoms with Gasteiger partial charge in [0, 0.05) is 11.7 Å². The highest BCUT2D eigenvalue weighted by atomic mass is 16.1. The van der Waals surface area contributed by atoms with E-state index in [-0.39, 0.29) is 11.9 Å². The van der Waals surface area contributed by atoms with Gasteiger partial charge in [0.05, 0.1) is 6.54 Å². The zero-order valence-electron chi connectivity index (χ0n) is 14.4. The molecule has 0 fully saturated rings. The number of aryl methyl sites for hydroxylation is 2. The maximum absolute atomic E-state index is 12.2. The highest BCUT2D eigenvalue weighted by Crippen LogP contribution is 2.21. The second kappa shape index (κ2) is 7.93. The third-order valence-electron chi connectivity index (χ3n) is 3.96. The van der Waals surface area contributed by atoms with Gasteiger partial charge in [-0.15, -0.1) is 0 Å². The smallest absolute Gasteiger partial charge is 0.238 e. The van der Waals surface area contributed by atoms with Crippen molar-refractivity contribution in [2.24, 2.45) is 5.92 Å². The van der Waals surface area contributed by atoms with Crippen LogP contribution in [0.25, 0.3) is 0 Å². The maximum Gasteiger partial charge on any atom is 0.238 e. The van der Waals surface area contributed by atoms with Gasteiger partial charge in [-0.3, -0.25) is 4.79 Å². The molecule has 0 saturated carbocycles. The summed E-state index contributed by atoms with van der Waals surface area (Å²) in [6.45, 7) is 8.68. The minimum Gasteiger partial charge on any atom is -0.325 e. The van der Waals surface area contributed by atoms with Crippen molar-refractivity contribution in [1.29, 1.82) is 0 Å². The molecule has 122 valence electrons. The van der Waals surface area contributed by atoms with Crippen LogP contribution in [-0.4, -0.2) is 12.5 Å². The van der Waals surface area contributed by atoms with Crippen molar-refractivity contribution in [2.45, 2.75) is 33.7 Å². The highest BCUT2D eigenvalue weighted by molar-refractivity contribution is 5.93. The van der Waals surface area contributed by atoms with E-state index in [1.54, 1.807) is 0 Å². The summed E-state index contributed by atoms with van der Waals surface area (Å²) in [4.78, 5) is 12.2. The Hall–Kier alpha value is -2.13. The number of nitrogens with one attached hydrogen (secondary N) is 2. The molecule has 2 rings (SSSR count). The van der Waals surface area contributed by atoms with E-state index in [4.69, 9.17) is 0 Å². The van der Waals surface area contributed by atoms with Gasteiger partial charge in [0.15, 0.2) is 0 Å². The SMILES string of the molecule is Cc1ccc(NC(=O)CN[C@H](c2ccccc2)C(C)C)c(C)c1. The number of rotatable bonds is 6. The van der Waals surface area contributed by atoms with E-state index >= 15 is 0 Å². The molecule has 1 atom stereocenters. The molecular formula is C20H26N2O. The Kier molecular flexibility index (Phi) is 5.94. The normalized spacial score (nSPS) is 12.2. The minimum absolute atomic E-state index is 0.0152. The van der Waals surface area contributed by atoms with Gasteiger partial charge in [-0.25, -0.2) is 0 Å². The average molecular weight is 310 g/mol. The molecule has 0 radical (unpaired) electrons. The number of amides is 1. The van der Waals surface area contributed by atoms with Gasteiger partial charge in [0.25, 0.3) is 0 Å². The quantitative estimate of drug-likeness (QED) is 0.838. The Bertz CT molecular complexity index is 650. The Morgan fingerprint density at radius 2 is 1.74 bits per heavy atom. The molecule has 0 aromatic heterocycles. The Labute approximate surface area is 139 Å². The number of anilines is 1. The molecule has 0 aliphatic carbocycles. The lowest BCUT2D eigenvalue weighted by Gasteiger charge is -2.23. The molecule has 0 aliphatic heterocycles. The molecule has 23 heavy (non-hydrogen) atoms. The van der Waals surface area contributed by atoms with Crippen molar-refractivity contribution in [3.63, 3.8) is 0 Å². The molecule has 2 aromatic rings. The number of hydrogen-bond acceptors (Lipinski definition) is 2. The summed E-state index contributed by atoms with van der Waals surface area (Å²) in [7, 11) is 0. The molecule has 3 heteroatoms. The molecular weight excluding hydrogens is 284 g/mol. The van der Waals surface area contributed by atoms with E-state index in [0.717, 1.165) is 11.3 Å². The lowest BCUT2D eigenvalue weighted by molar-refractivity contribution is -0.115. The fourth-order valence-electron chi connectivity index (χ4n) is 2.75. The first kappa shape index (κ1) is 17.2. The van der Waals surface area contributed by atoms with Crippen molar-refractivity contribution < 1.29 is 4.79 Å². The molecule has 0 aliphatic rings.